The molecule has 1 aliphatic rings. The number of amides is 1. The molecule has 5 nitrogen and oxygen atoms in total. The highest BCUT2D eigenvalue weighted by atomic mass is 19.4. The summed E-state index contributed by atoms with van der Waals surface area (Å²) in [7, 11) is 1.23. The van der Waals surface area contributed by atoms with Crippen LogP contribution in [0.4, 0.5) is 18.9 Å². The molecule has 1 saturated heterocycles. The number of esters is 1. The van der Waals surface area contributed by atoms with Crippen LogP contribution in [0.15, 0.2) is 24.3 Å². The Balaban J connectivity index is 2.09. The van der Waals surface area contributed by atoms with Gasteiger partial charge in [0, 0.05) is 18.7 Å². The van der Waals surface area contributed by atoms with Crippen LogP contribution < -0.4 is 9.64 Å². The van der Waals surface area contributed by atoms with Gasteiger partial charge in [-0.25, -0.2) is 0 Å². The fourth-order valence-electron chi connectivity index (χ4n) is 2.11. The lowest BCUT2D eigenvalue weighted by Crippen LogP contribution is -2.26. The molecule has 0 aliphatic carbocycles. The van der Waals surface area contributed by atoms with Gasteiger partial charge in [0.25, 0.3) is 0 Å². The third kappa shape index (κ3) is 3.65. The first-order chi connectivity index (χ1) is 9.80. The van der Waals surface area contributed by atoms with Gasteiger partial charge in [-0.15, -0.1) is 13.2 Å². The van der Waals surface area contributed by atoms with Crippen molar-refractivity contribution < 1.29 is 32.2 Å². The molecule has 0 radical (unpaired) electrons. The van der Waals surface area contributed by atoms with E-state index >= 15 is 0 Å². The summed E-state index contributed by atoms with van der Waals surface area (Å²) in [5.74, 6) is -1.70. The highest BCUT2D eigenvalue weighted by Gasteiger charge is 2.36. The number of ether oxygens (including phenoxy) is 2. The second kappa shape index (κ2) is 5.63. The molecule has 1 fully saturated rings. The number of carbonyl (C=O) groups is 2. The first-order valence-corrected chi connectivity index (χ1v) is 6.04. The van der Waals surface area contributed by atoms with Crippen LogP contribution in [0.3, 0.4) is 0 Å². The van der Waals surface area contributed by atoms with Crippen molar-refractivity contribution in [3.63, 3.8) is 0 Å². The van der Waals surface area contributed by atoms with Crippen LogP contribution in [-0.4, -0.2) is 31.9 Å². The summed E-state index contributed by atoms with van der Waals surface area (Å²) >= 11 is 0. The van der Waals surface area contributed by atoms with Crippen LogP contribution in [0.25, 0.3) is 0 Å². The van der Waals surface area contributed by atoms with Crippen LogP contribution >= 0.6 is 0 Å². The molecular formula is C13H12F3NO4. The van der Waals surface area contributed by atoms with Gasteiger partial charge in [-0.05, 0) is 24.3 Å². The van der Waals surface area contributed by atoms with Gasteiger partial charge < -0.3 is 14.4 Å². The maximum atomic E-state index is 12.0. The van der Waals surface area contributed by atoms with Crippen molar-refractivity contribution in [2.45, 2.75) is 12.8 Å². The zero-order valence-corrected chi connectivity index (χ0v) is 11.0. The van der Waals surface area contributed by atoms with Gasteiger partial charge in [0.1, 0.15) is 5.75 Å². The van der Waals surface area contributed by atoms with E-state index in [0.29, 0.717) is 5.69 Å². The Labute approximate surface area is 118 Å². The van der Waals surface area contributed by atoms with Gasteiger partial charge in [0.05, 0.1) is 13.0 Å². The Morgan fingerprint density at radius 2 is 1.90 bits per heavy atom. The summed E-state index contributed by atoms with van der Waals surface area (Å²) in [4.78, 5) is 24.6. The molecule has 8 heteroatoms. The number of methoxy groups -OCH3 is 1. The van der Waals surface area contributed by atoms with Crippen LogP contribution in [0.5, 0.6) is 5.75 Å². The predicted molar refractivity (Wildman–Crippen MR) is 65.6 cm³/mol. The van der Waals surface area contributed by atoms with Crippen LogP contribution in [-0.2, 0) is 14.3 Å². The molecule has 1 aromatic rings. The number of benzene rings is 1. The molecule has 2 rings (SSSR count). The van der Waals surface area contributed by atoms with E-state index in [9.17, 15) is 22.8 Å². The first-order valence-electron chi connectivity index (χ1n) is 6.04. The predicted octanol–water partition coefficient (Wildman–Crippen LogP) is 2.11. The summed E-state index contributed by atoms with van der Waals surface area (Å²) in [6.45, 7) is 0.144. The quantitative estimate of drug-likeness (QED) is 0.803. The van der Waals surface area contributed by atoms with E-state index < -0.39 is 18.2 Å². The number of alkyl halides is 3. The zero-order valence-electron chi connectivity index (χ0n) is 11.0. The van der Waals surface area contributed by atoms with E-state index in [0.717, 1.165) is 12.1 Å². The Kier molecular flexibility index (Phi) is 4.06. The molecule has 1 heterocycles. The minimum atomic E-state index is -4.76. The van der Waals surface area contributed by atoms with Gasteiger partial charge >= 0.3 is 12.3 Å². The van der Waals surface area contributed by atoms with E-state index in [1.54, 1.807) is 0 Å². The largest absolute Gasteiger partial charge is 0.573 e. The second-order valence-electron chi connectivity index (χ2n) is 4.47. The number of hydrogen-bond donors (Lipinski definition) is 0. The van der Waals surface area contributed by atoms with Gasteiger partial charge in [0.2, 0.25) is 5.91 Å². The van der Waals surface area contributed by atoms with Gasteiger partial charge in [-0.1, -0.05) is 0 Å². The minimum absolute atomic E-state index is 0.0213. The minimum Gasteiger partial charge on any atom is -0.469 e. The van der Waals surface area contributed by atoms with Crippen molar-refractivity contribution in [2.75, 3.05) is 18.6 Å². The molecule has 21 heavy (non-hydrogen) atoms. The van der Waals surface area contributed by atoms with E-state index in [1.165, 1.54) is 24.1 Å². The number of rotatable bonds is 3. The Hall–Kier alpha value is -2.25. The van der Waals surface area contributed by atoms with Crippen molar-refractivity contribution in [3.8, 4) is 5.75 Å². The summed E-state index contributed by atoms with van der Waals surface area (Å²) in [5, 5.41) is 0. The molecule has 0 saturated carbocycles. The number of carbonyl (C=O) groups excluding carboxylic acids is 2. The van der Waals surface area contributed by atoms with Gasteiger partial charge in [-0.3, -0.25) is 9.59 Å². The van der Waals surface area contributed by atoms with E-state index in [-0.39, 0.29) is 24.6 Å². The van der Waals surface area contributed by atoms with E-state index in [4.69, 9.17) is 0 Å². The molecule has 1 amide bonds. The average Bonchev–Trinajstić information content (AvgIpc) is 2.79. The monoisotopic (exact) mass is 303 g/mol. The number of nitrogens with zero attached hydrogens (tertiary/aromatic N) is 1. The van der Waals surface area contributed by atoms with Gasteiger partial charge in [-0.2, -0.15) is 0 Å². The van der Waals surface area contributed by atoms with Crippen LogP contribution in [0, 0.1) is 5.92 Å². The normalized spacial score (nSPS) is 18.8. The fourth-order valence-corrected chi connectivity index (χ4v) is 2.11. The number of hydrogen-bond acceptors (Lipinski definition) is 4. The highest BCUT2D eigenvalue weighted by Crippen LogP contribution is 2.29. The summed E-state index contributed by atoms with van der Waals surface area (Å²) in [6.07, 6.45) is -4.74. The Morgan fingerprint density at radius 3 is 2.43 bits per heavy atom. The van der Waals surface area contributed by atoms with E-state index in [2.05, 4.69) is 9.47 Å². The molecular weight excluding hydrogens is 291 g/mol. The summed E-state index contributed by atoms with van der Waals surface area (Å²) in [5.41, 5.74) is 0.404. The summed E-state index contributed by atoms with van der Waals surface area (Å²) < 4.78 is 44.5. The Morgan fingerprint density at radius 1 is 1.29 bits per heavy atom. The molecule has 0 bridgehead atoms. The van der Waals surface area contributed by atoms with Gasteiger partial charge in [0.15, 0.2) is 0 Å². The standard InChI is InChI=1S/C13H12F3NO4/c1-20-12(19)8-6-11(18)17(7-8)9-2-4-10(5-3-9)21-13(14,15)16/h2-5,8H,6-7H2,1H3. The highest BCUT2D eigenvalue weighted by molar-refractivity contribution is 5.99. The first kappa shape index (κ1) is 15.1. The number of halogens is 3. The van der Waals surface area contributed by atoms with Crippen molar-refractivity contribution in [3.05, 3.63) is 24.3 Å². The third-order valence-electron chi connectivity index (χ3n) is 3.04. The zero-order chi connectivity index (χ0) is 15.6. The molecule has 1 aliphatic heterocycles. The second-order valence-corrected chi connectivity index (χ2v) is 4.47. The molecule has 1 atom stereocenters. The topological polar surface area (TPSA) is 55.8 Å². The molecule has 1 aromatic carbocycles. The summed E-state index contributed by atoms with van der Waals surface area (Å²) in [6, 6.07) is 4.89. The maximum Gasteiger partial charge on any atom is 0.573 e. The van der Waals surface area contributed by atoms with Crippen molar-refractivity contribution in [2.24, 2.45) is 5.92 Å². The third-order valence-corrected chi connectivity index (χ3v) is 3.04. The van der Waals surface area contributed by atoms with Crippen LogP contribution in [0.2, 0.25) is 0 Å². The SMILES string of the molecule is COC(=O)C1CC(=O)N(c2ccc(OC(F)(F)F)cc2)C1. The molecule has 0 spiro atoms. The molecule has 0 N–H and O–H groups in total. The smallest absolute Gasteiger partial charge is 0.469 e. The molecule has 0 aromatic heterocycles. The van der Waals surface area contributed by atoms with E-state index in [1.807, 2.05) is 0 Å². The number of anilines is 1. The van der Waals surface area contributed by atoms with Crippen molar-refractivity contribution in [1.82, 2.24) is 0 Å². The Bertz CT molecular complexity index is 541. The fraction of sp³-hybridized carbons (Fsp3) is 0.385. The average molecular weight is 303 g/mol. The van der Waals surface area contributed by atoms with Crippen molar-refractivity contribution >= 4 is 17.6 Å². The lowest BCUT2D eigenvalue weighted by molar-refractivity contribution is -0.274. The lowest BCUT2D eigenvalue weighted by Gasteiger charge is -2.17. The van der Waals surface area contributed by atoms with Crippen LogP contribution in [0.1, 0.15) is 6.42 Å². The van der Waals surface area contributed by atoms with Crippen molar-refractivity contribution in [1.29, 1.82) is 0 Å². The maximum absolute atomic E-state index is 12.0. The lowest BCUT2D eigenvalue weighted by atomic mass is 10.1. The molecule has 1 unspecified atom stereocenters. The molecule has 114 valence electrons.